The van der Waals surface area contributed by atoms with Gasteiger partial charge in [-0.15, -0.1) is 0 Å². The molecule has 4 heteroatoms. The van der Waals surface area contributed by atoms with Gasteiger partial charge in [0.1, 0.15) is 0 Å². The number of nitrogens with one attached hydrogen (secondary N) is 1. The molecule has 0 heterocycles. The molecule has 0 aliphatic heterocycles. The molecule has 1 unspecified atom stereocenters. The topological polar surface area (TPSA) is 58.4 Å². The van der Waals surface area contributed by atoms with Crippen LogP contribution < -0.4 is 11.1 Å². The highest BCUT2D eigenvalue weighted by Gasteiger charge is 2.28. The molecule has 1 amide bonds. The van der Waals surface area contributed by atoms with Crippen LogP contribution in [-0.4, -0.2) is 43.5 Å². The van der Waals surface area contributed by atoms with Crippen LogP contribution in [-0.2, 0) is 4.79 Å². The van der Waals surface area contributed by atoms with Gasteiger partial charge in [0.25, 0.3) is 0 Å². The lowest BCUT2D eigenvalue weighted by atomic mass is 9.86. The van der Waals surface area contributed by atoms with Gasteiger partial charge < -0.3 is 16.0 Å². The largest absolute Gasteiger partial charge is 0.353 e. The molecule has 0 saturated heterocycles. The zero-order valence-corrected chi connectivity index (χ0v) is 13.8. The van der Waals surface area contributed by atoms with Crippen LogP contribution >= 0.6 is 0 Å². The van der Waals surface area contributed by atoms with Crippen LogP contribution in [0.1, 0.15) is 47.5 Å². The van der Waals surface area contributed by atoms with Crippen LogP contribution in [0.25, 0.3) is 0 Å². The van der Waals surface area contributed by atoms with Gasteiger partial charge in [0.15, 0.2) is 0 Å². The number of nitrogens with zero attached hydrogens (tertiary/aromatic N) is 1. The SMILES string of the molecule is CCC(CC)C(CNC(=O)[C@H](N)C(C)(C)C)N(C)C. The number of likely N-dealkylation sites (N-methyl/N-ethyl adjacent to an activating group) is 1. The Kier molecular flexibility index (Phi) is 7.60. The van der Waals surface area contributed by atoms with E-state index in [4.69, 9.17) is 5.73 Å². The monoisotopic (exact) mass is 271 g/mol. The van der Waals surface area contributed by atoms with E-state index in [1.807, 2.05) is 20.8 Å². The van der Waals surface area contributed by atoms with E-state index in [1.165, 1.54) is 0 Å². The van der Waals surface area contributed by atoms with Crippen molar-refractivity contribution in [2.45, 2.75) is 59.5 Å². The fourth-order valence-electron chi connectivity index (χ4n) is 2.31. The summed E-state index contributed by atoms with van der Waals surface area (Å²) in [7, 11) is 4.14. The van der Waals surface area contributed by atoms with Gasteiger partial charge in [0, 0.05) is 12.6 Å². The molecular weight excluding hydrogens is 238 g/mol. The van der Waals surface area contributed by atoms with Gasteiger partial charge in [-0.25, -0.2) is 0 Å². The predicted molar refractivity (Wildman–Crippen MR) is 82.0 cm³/mol. The number of rotatable bonds is 7. The Morgan fingerprint density at radius 2 is 1.68 bits per heavy atom. The van der Waals surface area contributed by atoms with Crippen molar-refractivity contribution >= 4 is 5.91 Å². The molecule has 0 aliphatic carbocycles. The average molecular weight is 271 g/mol. The standard InChI is InChI=1S/C15H33N3O/c1-8-11(9-2)12(18(6)7)10-17-14(19)13(16)15(3,4)5/h11-13H,8-10,16H2,1-7H3,(H,17,19)/t12?,13-/m0/s1. The second-order valence-corrected chi connectivity index (χ2v) is 6.70. The van der Waals surface area contributed by atoms with E-state index >= 15 is 0 Å². The molecule has 19 heavy (non-hydrogen) atoms. The van der Waals surface area contributed by atoms with Crippen molar-refractivity contribution in [1.29, 1.82) is 0 Å². The number of amides is 1. The van der Waals surface area contributed by atoms with Crippen LogP contribution in [0.4, 0.5) is 0 Å². The van der Waals surface area contributed by atoms with Gasteiger partial charge in [-0.05, 0) is 25.4 Å². The van der Waals surface area contributed by atoms with Crippen LogP contribution in [0, 0.1) is 11.3 Å². The maximum atomic E-state index is 12.1. The summed E-state index contributed by atoms with van der Waals surface area (Å²) < 4.78 is 0. The Bertz CT molecular complexity index is 267. The summed E-state index contributed by atoms with van der Waals surface area (Å²) in [5, 5.41) is 3.01. The zero-order valence-electron chi connectivity index (χ0n) is 13.8. The van der Waals surface area contributed by atoms with E-state index in [1.54, 1.807) is 0 Å². The van der Waals surface area contributed by atoms with E-state index in [-0.39, 0.29) is 11.3 Å². The third kappa shape index (κ3) is 5.91. The summed E-state index contributed by atoms with van der Waals surface area (Å²) in [6, 6.07) is -0.0943. The van der Waals surface area contributed by atoms with Gasteiger partial charge in [0.2, 0.25) is 5.91 Å². The quantitative estimate of drug-likeness (QED) is 0.743. The van der Waals surface area contributed by atoms with Crippen molar-refractivity contribution in [2.75, 3.05) is 20.6 Å². The lowest BCUT2D eigenvalue weighted by Crippen LogP contribution is -2.52. The van der Waals surface area contributed by atoms with Crippen molar-refractivity contribution in [1.82, 2.24) is 10.2 Å². The summed E-state index contributed by atoms with van der Waals surface area (Å²) in [5.41, 5.74) is 5.77. The first-order valence-corrected chi connectivity index (χ1v) is 7.34. The van der Waals surface area contributed by atoms with Crippen molar-refractivity contribution in [3.63, 3.8) is 0 Å². The third-order valence-corrected chi connectivity index (χ3v) is 3.96. The molecule has 0 aromatic rings. The second kappa shape index (κ2) is 7.85. The molecule has 2 atom stereocenters. The molecule has 114 valence electrons. The Morgan fingerprint density at radius 3 is 2.00 bits per heavy atom. The average Bonchev–Trinajstić information content (AvgIpc) is 2.31. The van der Waals surface area contributed by atoms with Crippen molar-refractivity contribution in [3.05, 3.63) is 0 Å². The first-order chi connectivity index (χ1) is 8.65. The molecule has 4 nitrogen and oxygen atoms in total. The number of nitrogens with two attached hydrogens (primary N) is 1. The van der Waals surface area contributed by atoms with Gasteiger partial charge in [-0.2, -0.15) is 0 Å². The Labute approximate surface area is 119 Å². The summed E-state index contributed by atoms with van der Waals surface area (Å²) in [6.45, 7) is 11.0. The molecule has 0 aromatic heterocycles. The van der Waals surface area contributed by atoms with Gasteiger partial charge in [-0.3, -0.25) is 4.79 Å². The van der Waals surface area contributed by atoms with E-state index < -0.39 is 6.04 Å². The van der Waals surface area contributed by atoms with E-state index in [0.717, 1.165) is 12.8 Å². The molecule has 0 bridgehead atoms. The van der Waals surface area contributed by atoms with Gasteiger partial charge in [-0.1, -0.05) is 47.5 Å². The Balaban J connectivity index is 4.53. The predicted octanol–water partition coefficient (Wildman–Crippen LogP) is 1.84. The van der Waals surface area contributed by atoms with Gasteiger partial charge >= 0.3 is 0 Å². The van der Waals surface area contributed by atoms with Gasteiger partial charge in [0.05, 0.1) is 6.04 Å². The first-order valence-electron chi connectivity index (χ1n) is 7.34. The third-order valence-electron chi connectivity index (χ3n) is 3.96. The molecule has 0 aliphatic rings. The summed E-state index contributed by atoms with van der Waals surface area (Å²) in [6.07, 6.45) is 2.25. The number of hydrogen-bond donors (Lipinski definition) is 2. The zero-order chi connectivity index (χ0) is 15.2. The molecule has 0 saturated carbocycles. The highest BCUT2D eigenvalue weighted by atomic mass is 16.2. The maximum absolute atomic E-state index is 12.1. The fourth-order valence-corrected chi connectivity index (χ4v) is 2.31. The minimum absolute atomic E-state index is 0.0506. The Morgan fingerprint density at radius 1 is 1.21 bits per heavy atom. The maximum Gasteiger partial charge on any atom is 0.237 e. The molecule has 3 N–H and O–H groups in total. The minimum Gasteiger partial charge on any atom is -0.353 e. The lowest BCUT2D eigenvalue weighted by molar-refractivity contribution is -0.124. The summed E-state index contributed by atoms with van der Waals surface area (Å²) in [5.74, 6) is 0.548. The molecule has 0 fully saturated rings. The summed E-state index contributed by atoms with van der Waals surface area (Å²) in [4.78, 5) is 14.3. The molecular formula is C15H33N3O. The van der Waals surface area contributed by atoms with Crippen LogP contribution in [0.3, 0.4) is 0 Å². The second-order valence-electron chi connectivity index (χ2n) is 6.70. The Hall–Kier alpha value is -0.610. The molecule has 0 spiro atoms. The van der Waals surface area contributed by atoms with E-state index in [0.29, 0.717) is 18.5 Å². The van der Waals surface area contributed by atoms with Crippen molar-refractivity contribution in [3.8, 4) is 0 Å². The first kappa shape index (κ1) is 18.4. The normalized spacial score (nSPS) is 15.7. The smallest absolute Gasteiger partial charge is 0.237 e. The fraction of sp³-hybridized carbons (Fsp3) is 0.933. The minimum atomic E-state index is -0.461. The van der Waals surface area contributed by atoms with Crippen LogP contribution in [0.5, 0.6) is 0 Å². The number of hydrogen-bond acceptors (Lipinski definition) is 3. The molecule has 0 rings (SSSR count). The van der Waals surface area contributed by atoms with Crippen LogP contribution in [0.15, 0.2) is 0 Å². The van der Waals surface area contributed by atoms with E-state index in [9.17, 15) is 4.79 Å². The highest BCUT2D eigenvalue weighted by Crippen LogP contribution is 2.18. The highest BCUT2D eigenvalue weighted by molar-refractivity contribution is 5.82. The van der Waals surface area contributed by atoms with E-state index in [2.05, 4.69) is 38.2 Å². The lowest BCUT2D eigenvalue weighted by Gasteiger charge is -2.33. The number of carbonyl (C=O) groups excluding carboxylic acids is 1. The van der Waals surface area contributed by atoms with Crippen LogP contribution in [0.2, 0.25) is 0 Å². The van der Waals surface area contributed by atoms with Crippen molar-refractivity contribution in [2.24, 2.45) is 17.1 Å². The summed E-state index contributed by atoms with van der Waals surface area (Å²) >= 11 is 0. The molecule has 0 aromatic carbocycles. The molecule has 0 radical (unpaired) electrons. The van der Waals surface area contributed by atoms with Crippen molar-refractivity contribution < 1.29 is 4.79 Å². The number of carbonyl (C=O) groups is 1.